The number of hydrogen-bond acceptors (Lipinski definition) is 6. The summed E-state index contributed by atoms with van der Waals surface area (Å²) >= 11 is 0. The molecule has 2 N–H and O–H groups in total. The first kappa shape index (κ1) is 19.7. The number of carbonyl (C=O) groups excluding carboxylic acids is 2. The number of benzene rings is 1. The molecular formula is C19H25N5O4. The molecule has 1 aromatic carbocycles. The molecule has 3 rings (SSSR count). The zero-order chi connectivity index (χ0) is 19.9. The molecule has 0 unspecified atom stereocenters. The van der Waals surface area contributed by atoms with Gasteiger partial charge in [0, 0.05) is 44.6 Å². The summed E-state index contributed by atoms with van der Waals surface area (Å²) in [6.45, 7) is 3.41. The van der Waals surface area contributed by atoms with Gasteiger partial charge in [0.05, 0.1) is 7.11 Å². The number of anilines is 1. The Kier molecular flexibility index (Phi) is 6.46. The van der Waals surface area contributed by atoms with Crippen molar-refractivity contribution in [3.63, 3.8) is 0 Å². The van der Waals surface area contributed by atoms with Crippen LogP contribution in [0.4, 0.5) is 10.5 Å². The molecule has 1 aliphatic rings. The van der Waals surface area contributed by atoms with Crippen molar-refractivity contribution in [2.75, 3.05) is 32.1 Å². The number of nitrogens with one attached hydrogen (secondary N) is 2. The molecule has 0 radical (unpaired) electrons. The Morgan fingerprint density at radius 2 is 1.96 bits per heavy atom. The molecule has 1 saturated heterocycles. The minimum atomic E-state index is -0.304. The molecule has 1 aliphatic heterocycles. The van der Waals surface area contributed by atoms with Gasteiger partial charge in [0.1, 0.15) is 5.75 Å². The highest BCUT2D eigenvalue weighted by Gasteiger charge is 2.25. The summed E-state index contributed by atoms with van der Waals surface area (Å²) in [4.78, 5) is 29.6. The molecule has 1 aromatic heterocycles. The summed E-state index contributed by atoms with van der Waals surface area (Å²) in [5, 5.41) is 9.57. The molecule has 0 aliphatic carbocycles. The molecule has 0 saturated carbocycles. The van der Waals surface area contributed by atoms with Gasteiger partial charge in [-0.1, -0.05) is 5.16 Å². The number of amides is 3. The fourth-order valence-corrected chi connectivity index (χ4v) is 3.12. The first-order valence-electron chi connectivity index (χ1n) is 9.32. The van der Waals surface area contributed by atoms with Gasteiger partial charge in [-0.15, -0.1) is 0 Å². The van der Waals surface area contributed by atoms with Crippen LogP contribution in [-0.2, 0) is 11.2 Å². The van der Waals surface area contributed by atoms with Crippen molar-refractivity contribution in [2.45, 2.75) is 32.1 Å². The normalized spacial score (nSPS) is 14.6. The topological polar surface area (TPSA) is 110 Å². The maximum absolute atomic E-state index is 11.9. The Hall–Kier alpha value is -3.10. The molecule has 2 heterocycles. The number of hydrogen-bond donors (Lipinski definition) is 2. The van der Waals surface area contributed by atoms with E-state index >= 15 is 0 Å². The van der Waals surface area contributed by atoms with Crippen LogP contribution in [0.25, 0.3) is 0 Å². The van der Waals surface area contributed by atoms with Crippen LogP contribution >= 0.6 is 0 Å². The SMILES string of the molecule is COc1ccc(NC(=O)NCCc2nc(C3CCN(C(C)=O)CC3)no2)cc1. The van der Waals surface area contributed by atoms with Gasteiger partial charge in [0.25, 0.3) is 0 Å². The molecule has 9 heteroatoms. The van der Waals surface area contributed by atoms with E-state index in [1.54, 1.807) is 38.3 Å². The minimum absolute atomic E-state index is 0.103. The van der Waals surface area contributed by atoms with Crippen LogP contribution in [-0.4, -0.2) is 53.7 Å². The lowest BCUT2D eigenvalue weighted by Gasteiger charge is -2.29. The molecular weight excluding hydrogens is 362 g/mol. The molecule has 3 amide bonds. The van der Waals surface area contributed by atoms with Gasteiger partial charge in [-0.05, 0) is 37.1 Å². The number of urea groups is 1. The van der Waals surface area contributed by atoms with Gasteiger partial charge in [-0.3, -0.25) is 4.79 Å². The van der Waals surface area contributed by atoms with Crippen LogP contribution in [0.1, 0.15) is 37.4 Å². The lowest BCUT2D eigenvalue weighted by atomic mass is 9.96. The Morgan fingerprint density at radius 3 is 2.61 bits per heavy atom. The van der Waals surface area contributed by atoms with E-state index in [9.17, 15) is 9.59 Å². The molecule has 0 atom stereocenters. The summed E-state index contributed by atoms with van der Waals surface area (Å²) in [6, 6.07) is 6.77. The number of rotatable bonds is 6. The monoisotopic (exact) mass is 387 g/mol. The zero-order valence-corrected chi connectivity index (χ0v) is 16.1. The van der Waals surface area contributed by atoms with E-state index in [4.69, 9.17) is 9.26 Å². The fraction of sp³-hybridized carbons (Fsp3) is 0.474. The van der Waals surface area contributed by atoms with Crippen LogP contribution in [0, 0.1) is 0 Å². The maximum Gasteiger partial charge on any atom is 0.319 e. The molecule has 28 heavy (non-hydrogen) atoms. The van der Waals surface area contributed by atoms with E-state index in [1.165, 1.54) is 0 Å². The van der Waals surface area contributed by atoms with Crippen molar-refractivity contribution in [1.29, 1.82) is 0 Å². The summed E-state index contributed by atoms with van der Waals surface area (Å²) in [5.41, 5.74) is 0.676. The summed E-state index contributed by atoms with van der Waals surface area (Å²) in [7, 11) is 1.59. The van der Waals surface area contributed by atoms with Gasteiger partial charge >= 0.3 is 6.03 Å². The third kappa shape index (κ3) is 5.21. The first-order valence-corrected chi connectivity index (χ1v) is 9.32. The number of aromatic nitrogens is 2. The Balaban J connectivity index is 1.40. The number of nitrogens with zero attached hydrogens (tertiary/aromatic N) is 3. The minimum Gasteiger partial charge on any atom is -0.497 e. The maximum atomic E-state index is 11.9. The van der Waals surface area contributed by atoms with Crippen molar-refractivity contribution in [1.82, 2.24) is 20.4 Å². The van der Waals surface area contributed by atoms with E-state index in [0.29, 0.717) is 30.4 Å². The van der Waals surface area contributed by atoms with E-state index in [2.05, 4.69) is 20.8 Å². The smallest absolute Gasteiger partial charge is 0.319 e. The van der Waals surface area contributed by atoms with Crippen molar-refractivity contribution in [3.05, 3.63) is 36.0 Å². The Morgan fingerprint density at radius 1 is 1.25 bits per heavy atom. The summed E-state index contributed by atoms with van der Waals surface area (Å²) in [5.74, 6) is 2.21. The number of carbonyl (C=O) groups is 2. The van der Waals surface area contributed by atoms with Crippen molar-refractivity contribution in [3.8, 4) is 5.75 Å². The highest BCUT2D eigenvalue weighted by atomic mass is 16.5. The number of methoxy groups -OCH3 is 1. The first-order chi connectivity index (χ1) is 13.5. The zero-order valence-electron chi connectivity index (χ0n) is 16.1. The molecule has 0 bridgehead atoms. The standard InChI is InChI=1S/C19H25N5O4/c1-13(25)24-11-8-14(9-12-24)18-22-17(28-23-18)7-10-20-19(26)21-15-3-5-16(27-2)6-4-15/h3-6,14H,7-12H2,1-2H3,(H2,20,21,26). The molecule has 0 spiro atoms. The number of ether oxygens (including phenoxy) is 1. The third-order valence-corrected chi connectivity index (χ3v) is 4.76. The Labute approximate surface area is 163 Å². The van der Waals surface area contributed by atoms with E-state index in [-0.39, 0.29) is 17.9 Å². The van der Waals surface area contributed by atoms with Crippen LogP contribution < -0.4 is 15.4 Å². The second kappa shape index (κ2) is 9.20. The second-order valence-electron chi connectivity index (χ2n) is 6.69. The van der Waals surface area contributed by atoms with Crippen molar-refractivity contribution >= 4 is 17.6 Å². The molecule has 9 nitrogen and oxygen atoms in total. The van der Waals surface area contributed by atoms with Gasteiger partial charge in [0.2, 0.25) is 11.8 Å². The van der Waals surface area contributed by atoms with Gasteiger partial charge < -0.3 is 24.8 Å². The van der Waals surface area contributed by atoms with Crippen molar-refractivity contribution in [2.24, 2.45) is 0 Å². The highest BCUT2D eigenvalue weighted by Crippen LogP contribution is 2.25. The third-order valence-electron chi connectivity index (χ3n) is 4.76. The summed E-state index contributed by atoms with van der Waals surface area (Å²) in [6.07, 6.45) is 2.12. The lowest BCUT2D eigenvalue weighted by molar-refractivity contribution is -0.129. The van der Waals surface area contributed by atoms with Crippen LogP contribution in [0.5, 0.6) is 5.75 Å². The Bertz CT molecular complexity index is 797. The fourth-order valence-electron chi connectivity index (χ4n) is 3.12. The number of piperidine rings is 1. The van der Waals surface area contributed by atoms with E-state index in [0.717, 1.165) is 31.7 Å². The second-order valence-corrected chi connectivity index (χ2v) is 6.69. The van der Waals surface area contributed by atoms with Gasteiger partial charge in [0.15, 0.2) is 5.82 Å². The average Bonchev–Trinajstić information content (AvgIpc) is 3.17. The number of likely N-dealkylation sites (tertiary alicyclic amines) is 1. The van der Waals surface area contributed by atoms with E-state index < -0.39 is 0 Å². The summed E-state index contributed by atoms with van der Waals surface area (Å²) < 4.78 is 10.4. The van der Waals surface area contributed by atoms with Crippen molar-refractivity contribution < 1.29 is 18.8 Å². The van der Waals surface area contributed by atoms with Crippen LogP contribution in [0.2, 0.25) is 0 Å². The average molecular weight is 387 g/mol. The predicted molar refractivity (Wildman–Crippen MR) is 102 cm³/mol. The quantitative estimate of drug-likeness (QED) is 0.786. The predicted octanol–water partition coefficient (Wildman–Crippen LogP) is 2.17. The largest absolute Gasteiger partial charge is 0.497 e. The van der Waals surface area contributed by atoms with Crippen LogP contribution in [0.3, 0.4) is 0 Å². The highest BCUT2D eigenvalue weighted by molar-refractivity contribution is 5.89. The van der Waals surface area contributed by atoms with E-state index in [1.807, 2.05) is 4.90 Å². The lowest BCUT2D eigenvalue weighted by Crippen LogP contribution is -2.36. The molecule has 1 fully saturated rings. The molecule has 150 valence electrons. The van der Waals surface area contributed by atoms with Gasteiger partial charge in [-0.25, -0.2) is 4.79 Å². The van der Waals surface area contributed by atoms with Gasteiger partial charge in [-0.2, -0.15) is 4.98 Å². The van der Waals surface area contributed by atoms with Crippen LogP contribution in [0.15, 0.2) is 28.8 Å². The molecule has 2 aromatic rings.